The van der Waals surface area contributed by atoms with Crippen molar-refractivity contribution in [2.24, 2.45) is 0 Å². The minimum absolute atomic E-state index is 0.00614. The smallest absolute Gasteiger partial charge is 0.462 e. The van der Waals surface area contributed by atoms with Gasteiger partial charge in [0.15, 0.2) is 12.2 Å². The molecule has 0 aliphatic heterocycles. The van der Waals surface area contributed by atoms with Crippen LogP contribution < -0.4 is 0 Å². The van der Waals surface area contributed by atoms with E-state index in [4.69, 9.17) is 37.0 Å². The molecule has 0 aromatic carbocycles. The molecule has 646 valence electrons. The van der Waals surface area contributed by atoms with Crippen molar-refractivity contribution < 1.29 is 80.2 Å². The topological polar surface area (TPSA) is 237 Å². The second-order valence-corrected chi connectivity index (χ2v) is 29.8. The third kappa shape index (κ3) is 84.3. The Labute approximate surface area is 700 Å². The molecule has 0 heterocycles. The molecule has 0 aliphatic carbocycles. The van der Waals surface area contributed by atoms with E-state index in [0.29, 0.717) is 38.5 Å². The van der Waals surface area contributed by atoms with Gasteiger partial charge in [-0.15, -0.1) is 0 Å². The van der Waals surface area contributed by atoms with Gasteiger partial charge in [-0.05, 0) is 193 Å². The van der Waals surface area contributed by atoms with Crippen molar-refractivity contribution in [3.63, 3.8) is 0 Å². The highest BCUT2D eigenvalue weighted by atomic mass is 31.2. The molecule has 5 atom stereocenters. The van der Waals surface area contributed by atoms with Gasteiger partial charge < -0.3 is 33.8 Å². The monoisotopic (exact) mass is 1650 g/mol. The Kier molecular flexibility index (Phi) is 79.6. The van der Waals surface area contributed by atoms with Crippen LogP contribution in [0.3, 0.4) is 0 Å². The maximum atomic E-state index is 13.2. The molecule has 0 aromatic rings. The van der Waals surface area contributed by atoms with Crippen LogP contribution >= 0.6 is 15.6 Å². The lowest BCUT2D eigenvalue weighted by molar-refractivity contribution is -0.161. The first-order valence-electron chi connectivity index (χ1n) is 42.6. The molecule has 0 spiro atoms. The Hall–Kier alpha value is -7.66. The van der Waals surface area contributed by atoms with Crippen LogP contribution in [0, 0.1) is 0 Å². The number of aliphatic hydroxyl groups excluding tert-OH is 1. The Morgan fingerprint density at radius 3 is 0.698 bits per heavy atom. The lowest BCUT2D eigenvalue weighted by Gasteiger charge is -2.21. The summed E-state index contributed by atoms with van der Waals surface area (Å²) < 4.78 is 68.6. The highest BCUT2D eigenvalue weighted by Crippen LogP contribution is 2.45. The van der Waals surface area contributed by atoms with Crippen molar-refractivity contribution in [2.45, 2.75) is 277 Å². The maximum Gasteiger partial charge on any atom is 0.472 e. The molecule has 2 unspecified atom stereocenters. The van der Waals surface area contributed by atoms with Crippen LogP contribution in [0.4, 0.5) is 0 Å². The third-order valence-electron chi connectivity index (χ3n) is 16.2. The average Bonchev–Trinajstić information content (AvgIpc) is 0.898. The van der Waals surface area contributed by atoms with Crippen LogP contribution in [-0.2, 0) is 65.4 Å². The first kappa shape index (κ1) is 108. The van der Waals surface area contributed by atoms with Gasteiger partial charge in [0, 0.05) is 25.7 Å². The highest BCUT2D eigenvalue weighted by molar-refractivity contribution is 7.47. The summed E-state index contributed by atoms with van der Waals surface area (Å²) in [6.45, 7) is 4.12. The first-order chi connectivity index (χ1) is 56.7. The zero-order valence-electron chi connectivity index (χ0n) is 70.8. The van der Waals surface area contributed by atoms with E-state index in [1.54, 1.807) is 0 Å². The molecule has 19 heteroatoms. The third-order valence-corrected chi connectivity index (χ3v) is 18.1. The summed E-state index contributed by atoms with van der Waals surface area (Å²) in [5.41, 5.74) is 0. The first-order valence-corrected chi connectivity index (χ1v) is 45.6. The lowest BCUT2D eigenvalue weighted by atomic mass is 10.1. The number of rotatable bonds is 76. The van der Waals surface area contributed by atoms with Crippen molar-refractivity contribution in [1.29, 1.82) is 0 Å². The number of unbranched alkanes of at least 4 members (excludes halogenated alkanes) is 6. The highest BCUT2D eigenvalue weighted by Gasteiger charge is 2.30. The van der Waals surface area contributed by atoms with Crippen molar-refractivity contribution in [3.8, 4) is 0 Å². The van der Waals surface area contributed by atoms with Crippen LogP contribution in [-0.4, -0.2) is 96.7 Å². The molecule has 17 nitrogen and oxygen atoms in total. The van der Waals surface area contributed by atoms with E-state index in [1.165, 1.54) is 0 Å². The van der Waals surface area contributed by atoms with E-state index in [2.05, 4.69) is 259 Å². The number of phosphoric acid groups is 2. The van der Waals surface area contributed by atoms with Gasteiger partial charge in [-0.25, -0.2) is 9.13 Å². The van der Waals surface area contributed by atoms with Gasteiger partial charge in [0.25, 0.3) is 0 Å². The molecule has 0 aliphatic rings. The standard InChI is InChI=1S/C97H146O17P2/c1-5-9-13-17-21-25-29-33-37-41-45-49-53-57-61-65-69-73-77-81-94(99)107-87-92(113-96(101)83-79-75-71-67-63-59-55-51-47-43-39-35-31-27-23-19-15-11-7-3)89-111-115(103,104)109-85-91(98)86-110-116(105,106)112-90-93(114-97(102)84-80-76-72-68-64-60-56-52-48-44-40-36-32-28-24-20-16-12-8-4)88-108-95(100)82-78-74-70-66-62-58-54-50-46-42-38-34-30-26-22-18-14-10-6-2/h9-16,21-28,33-40,45-52,57-64,69,71,73,75,91-93,98H,5-8,17-20,29-32,41-44,53-56,65-68,70,72,74,76-90H2,1-4H3,(H,103,104)(H,105,106)/b13-9-,14-10-,15-11-,16-12-,25-21-,26-22-,27-23-,28-24-,37-33-,38-34-,39-35-,40-36-,49-45-,50-46-,51-47-,52-48-,61-57-,62-58-,63-59-,64-60-,73-69-,75-71-/t91-,92-,93-/m1/s1. The Morgan fingerprint density at radius 1 is 0.241 bits per heavy atom. The average molecular weight is 1650 g/mol. The van der Waals surface area contributed by atoms with E-state index in [-0.39, 0.29) is 25.7 Å². The molecule has 0 fully saturated rings. The number of allylic oxidation sites excluding steroid dienone is 44. The molecule has 0 radical (unpaired) electrons. The minimum atomic E-state index is -5.04. The molecular formula is C97H146O17P2. The van der Waals surface area contributed by atoms with Crippen molar-refractivity contribution in [2.75, 3.05) is 39.6 Å². The van der Waals surface area contributed by atoms with Gasteiger partial charge in [-0.3, -0.25) is 37.3 Å². The number of ether oxygens (including phenoxy) is 4. The van der Waals surface area contributed by atoms with E-state index >= 15 is 0 Å². The van der Waals surface area contributed by atoms with Gasteiger partial charge in [0.1, 0.15) is 19.3 Å². The molecule has 0 saturated carbocycles. The number of hydrogen-bond donors (Lipinski definition) is 3. The van der Waals surface area contributed by atoms with Gasteiger partial charge >= 0.3 is 39.5 Å². The van der Waals surface area contributed by atoms with E-state index in [0.717, 1.165) is 167 Å². The summed E-state index contributed by atoms with van der Waals surface area (Å²) in [6.07, 6.45) is 115. The van der Waals surface area contributed by atoms with Gasteiger partial charge in [-0.1, -0.05) is 308 Å². The van der Waals surface area contributed by atoms with Crippen LogP contribution in [0.15, 0.2) is 267 Å². The number of carbonyl (C=O) groups is 4. The van der Waals surface area contributed by atoms with Gasteiger partial charge in [-0.2, -0.15) is 0 Å². The quantitative estimate of drug-likeness (QED) is 0.0169. The fourth-order valence-electron chi connectivity index (χ4n) is 9.91. The number of phosphoric ester groups is 2. The van der Waals surface area contributed by atoms with Crippen molar-refractivity contribution >= 4 is 39.5 Å². The Balaban J connectivity index is 5.64. The zero-order valence-corrected chi connectivity index (χ0v) is 72.6. The SMILES string of the molecule is CC/C=C\C/C=C\C/C=C\C/C=C\C/C=C\C/C=C\CCC(=O)OC[C@H](COP(=O)(O)OC[C@@H](O)COP(=O)(O)OC[C@@H](COC(=O)CCCCC/C=C\C/C=C\C/C=C\C/C=C\C/C=C\CC)OC(=O)CCCCC/C=C\C/C=C\C/C=C\C/C=C\C/C=C\CC)OC(=O)CC/C=C\C/C=C\C/C=C\C/C=C\C/C=C\C/C=C\CC. The van der Waals surface area contributed by atoms with Gasteiger partial charge in [0.2, 0.25) is 0 Å². The zero-order chi connectivity index (χ0) is 84.5. The lowest BCUT2D eigenvalue weighted by Crippen LogP contribution is -2.30. The molecule has 0 rings (SSSR count). The normalized spacial score (nSPS) is 15.1. The van der Waals surface area contributed by atoms with Crippen molar-refractivity contribution in [3.05, 3.63) is 267 Å². The molecule has 3 N–H and O–H groups in total. The predicted octanol–water partition coefficient (Wildman–Crippen LogP) is 25.9. The van der Waals surface area contributed by atoms with Crippen LogP contribution in [0.1, 0.15) is 259 Å². The van der Waals surface area contributed by atoms with Crippen LogP contribution in [0.25, 0.3) is 0 Å². The fourth-order valence-corrected chi connectivity index (χ4v) is 11.5. The van der Waals surface area contributed by atoms with Crippen LogP contribution in [0.5, 0.6) is 0 Å². The van der Waals surface area contributed by atoms with Crippen molar-refractivity contribution in [1.82, 2.24) is 0 Å². The number of carbonyl (C=O) groups excluding carboxylic acids is 4. The fraction of sp³-hybridized carbons (Fsp3) is 0.505. The second-order valence-electron chi connectivity index (χ2n) is 26.9. The molecule has 116 heavy (non-hydrogen) atoms. The molecule has 0 aromatic heterocycles. The molecule has 0 saturated heterocycles. The summed E-state index contributed by atoms with van der Waals surface area (Å²) in [6, 6.07) is 0. The molecule has 0 amide bonds. The number of hydrogen-bond acceptors (Lipinski definition) is 15. The van der Waals surface area contributed by atoms with Gasteiger partial charge in [0.05, 0.1) is 26.4 Å². The Bertz CT molecular complexity index is 3260. The van der Waals surface area contributed by atoms with E-state index < -0.39 is 97.5 Å². The summed E-state index contributed by atoms with van der Waals surface area (Å²) in [5, 5.41) is 10.7. The second kappa shape index (κ2) is 85.2. The minimum Gasteiger partial charge on any atom is -0.462 e. The maximum absolute atomic E-state index is 13.2. The molecule has 0 bridgehead atoms. The predicted molar refractivity (Wildman–Crippen MR) is 481 cm³/mol. The number of aliphatic hydroxyl groups is 1. The Morgan fingerprint density at radius 2 is 0.440 bits per heavy atom. The summed E-state index contributed by atoms with van der Waals surface area (Å²) in [4.78, 5) is 73.3. The van der Waals surface area contributed by atoms with Crippen LogP contribution in [0.2, 0.25) is 0 Å². The largest absolute Gasteiger partial charge is 0.472 e. The van der Waals surface area contributed by atoms with E-state index in [1.807, 2.05) is 36.5 Å². The summed E-state index contributed by atoms with van der Waals surface area (Å²) in [5.74, 6) is -2.49. The number of esters is 4. The molecular weight excluding hydrogens is 1500 g/mol. The summed E-state index contributed by atoms with van der Waals surface area (Å²) >= 11 is 0. The summed E-state index contributed by atoms with van der Waals surface area (Å²) in [7, 11) is -10.1. The van der Waals surface area contributed by atoms with E-state index in [9.17, 15) is 43.2 Å².